The van der Waals surface area contributed by atoms with Crippen LogP contribution in [0.3, 0.4) is 0 Å². The maximum atomic E-state index is 11.5. The minimum absolute atomic E-state index is 0.195. The van der Waals surface area contributed by atoms with Crippen molar-refractivity contribution in [1.29, 1.82) is 0 Å². The fraction of sp³-hybridized carbons (Fsp3) is 0.400. The summed E-state index contributed by atoms with van der Waals surface area (Å²) < 4.78 is 15.3. The van der Waals surface area contributed by atoms with Gasteiger partial charge in [-0.25, -0.2) is 4.79 Å². The van der Waals surface area contributed by atoms with Crippen LogP contribution in [0.1, 0.15) is 32.3 Å². The molecule has 0 radical (unpaired) electrons. The minimum Gasteiger partial charge on any atom is -0.497 e. The molecule has 1 aromatic heterocycles. The van der Waals surface area contributed by atoms with Gasteiger partial charge < -0.3 is 19.2 Å². The molecule has 0 fully saturated rings. The molecule has 0 spiro atoms. The summed E-state index contributed by atoms with van der Waals surface area (Å²) in [5.74, 6) is 1.39. The van der Waals surface area contributed by atoms with Gasteiger partial charge in [-0.1, -0.05) is 13.8 Å². The number of aromatic nitrogens is 1. The smallest absolute Gasteiger partial charge is 0.497 e. The molecule has 1 heterocycles. The van der Waals surface area contributed by atoms with E-state index in [1.807, 2.05) is 32.0 Å². The number of methoxy groups -OCH3 is 1. The van der Waals surface area contributed by atoms with Crippen LogP contribution in [0.4, 0.5) is 4.79 Å². The van der Waals surface area contributed by atoms with Crippen LogP contribution in [0.5, 0.6) is 11.6 Å². The average Bonchev–Trinajstić information content (AvgIpc) is 2.75. The van der Waals surface area contributed by atoms with Crippen molar-refractivity contribution in [2.45, 2.75) is 26.7 Å². The van der Waals surface area contributed by atoms with Gasteiger partial charge in [-0.15, -0.1) is 0 Å². The molecular weight excluding hydrogens is 258 g/mol. The molecule has 0 aliphatic rings. The number of benzene rings is 1. The molecule has 0 aliphatic carbocycles. The number of hydrogen-bond donors (Lipinski definition) is 1. The summed E-state index contributed by atoms with van der Waals surface area (Å²) in [6, 6.07) is 5.69. The highest BCUT2D eigenvalue weighted by Crippen LogP contribution is 2.36. The van der Waals surface area contributed by atoms with Crippen molar-refractivity contribution in [2.75, 3.05) is 13.7 Å². The van der Waals surface area contributed by atoms with Crippen LogP contribution in [-0.2, 0) is 4.74 Å². The SMILES string of the molecule is CCOC(=O)Oc1[nH]c2ccc(OC)cc2c1C(C)C. The normalized spacial score (nSPS) is 10.8. The number of nitrogens with one attached hydrogen (secondary N) is 1. The predicted molar refractivity (Wildman–Crippen MR) is 76.6 cm³/mol. The monoisotopic (exact) mass is 277 g/mol. The van der Waals surface area contributed by atoms with E-state index >= 15 is 0 Å². The largest absolute Gasteiger partial charge is 0.515 e. The van der Waals surface area contributed by atoms with Crippen molar-refractivity contribution in [2.24, 2.45) is 0 Å². The molecule has 1 N–H and O–H groups in total. The van der Waals surface area contributed by atoms with E-state index in [0.29, 0.717) is 5.88 Å². The molecule has 108 valence electrons. The van der Waals surface area contributed by atoms with E-state index in [0.717, 1.165) is 22.2 Å². The molecule has 0 atom stereocenters. The Morgan fingerprint density at radius 2 is 2.10 bits per heavy atom. The fourth-order valence-electron chi connectivity index (χ4n) is 2.18. The number of carbonyl (C=O) groups is 1. The first-order valence-electron chi connectivity index (χ1n) is 6.61. The van der Waals surface area contributed by atoms with E-state index in [2.05, 4.69) is 4.98 Å². The molecule has 2 rings (SSSR count). The highest BCUT2D eigenvalue weighted by Gasteiger charge is 2.19. The maximum absolute atomic E-state index is 11.5. The zero-order chi connectivity index (χ0) is 14.7. The number of carbonyl (C=O) groups excluding carboxylic acids is 1. The lowest BCUT2D eigenvalue weighted by molar-refractivity contribution is 0.102. The van der Waals surface area contributed by atoms with Gasteiger partial charge >= 0.3 is 6.16 Å². The van der Waals surface area contributed by atoms with Gasteiger partial charge in [0, 0.05) is 16.5 Å². The van der Waals surface area contributed by atoms with Gasteiger partial charge in [-0.2, -0.15) is 0 Å². The van der Waals surface area contributed by atoms with Crippen LogP contribution < -0.4 is 9.47 Å². The average molecular weight is 277 g/mol. The van der Waals surface area contributed by atoms with Crippen LogP contribution >= 0.6 is 0 Å². The standard InChI is InChI=1S/C15H19NO4/c1-5-19-15(17)20-14-13(9(2)3)11-8-10(18-4)6-7-12(11)16-14/h6-9,16H,5H2,1-4H3. The summed E-state index contributed by atoms with van der Waals surface area (Å²) >= 11 is 0. The first-order chi connectivity index (χ1) is 9.56. The van der Waals surface area contributed by atoms with Gasteiger partial charge in [0.1, 0.15) is 5.75 Å². The predicted octanol–water partition coefficient (Wildman–Crippen LogP) is 3.84. The van der Waals surface area contributed by atoms with E-state index in [9.17, 15) is 4.79 Å². The minimum atomic E-state index is -0.701. The number of H-pyrrole nitrogens is 1. The number of rotatable bonds is 4. The second kappa shape index (κ2) is 5.86. The van der Waals surface area contributed by atoms with E-state index in [1.54, 1.807) is 14.0 Å². The third-order valence-electron chi connectivity index (χ3n) is 3.03. The molecule has 20 heavy (non-hydrogen) atoms. The Morgan fingerprint density at radius 1 is 1.35 bits per heavy atom. The molecule has 2 aromatic rings. The number of ether oxygens (including phenoxy) is 3. The summed E-state index contributed by atoms with van der Waals surface area (Å²) in [7, 11) is 1.62. The highest BCUT2D eigenvalue weighted by atomic mass is 16.7. The van der Waals surface area contributed by atoms with Crippen LogP contribution in [0.2, 0.25) is 0 Å². The maximum Gasteiger partial charge on any atom is 0.515 e. The van der Waals surface area contributed by atoms with Gasteiger partial charge in [0.25, 0.3) is 0 Å². The summed E-state index contributed by atoms with van der Waals surface area (Å²) in [6.45, 7) is 6.10. The molecule has 5 nitrogen and oxygen atoms in total. The van der Waals surface area contributed by atoms with E-state index in [1.165, 1.54) is 0 Å². The number of hydrogen-bond acceptors (Lipinski definition) is 4. The zero-order valence-electron chi connectivity index (χ0n) is 12.1. The quantitative estimate of drug-likeness (QED) is 0.863. The van der Waals surface area contributed by atoms with Gasteiger partial charge in [-0.05, 0) is 31.0 Å². The first-order valence-corrected chi connectivity index (χ1v) is 6.61. The van der Waals surface area contributed by atoms with Crippen molar-refractivity contribution in [3.8, 4) is 11.6 Å². The van der Waals surface area contributed by atoms with E-state index < -0.39 is 6.16 Å². The Balaban J connectivity index is 2.48. The Labute approximate surface area is 117 Å². The number of aromatic amines is 1. The van der Waals surface area contributed by atoms with Crippen molar-refractivity contribution >= 4 is 17.1 Å². The first kappa shape index (κ1) is 14.2. The van der Waals surface area contributed by atoms with Crippen LogP contribution in [0.25, 0.3) is 10.9 Å². The molecule has 0 saturated carbocycles. The Hall–Kier alpha value is -2.17. The molecule has 1 aromatic carbocycles. The molecule has 0 amide bonds. The molecule has 5 heteroatoms. The van der Waals surface area contributed by atoms with Crippen LogP contribution in [0.15, 0.2) is 18.2 Å². The van der Waals surface area contributed by atoms with Crippen LogP contribution in [0, 0.1) is 0 Å². The molecule has 0 bridgehead atoms. The van der Waals surface area contributed by atoms with Gasteiger partial charge in [0.05, 0.1) is 13.7 Å². The van der Waals surface area contributed by atoms with E-state index in [4.69, 9.17) is 14.2 Å². The second-order valence-corrected chi connectivity index (χ2v) is 4.72. The Kier molecular flexibility index (Phi) is 4.17. The van der Waals surface area contributed by atoms with Gasteiger partial charge in [-0.3, -0.25) is 0 Å². The van der Waals surface area contributed by atoms with Gasteiger partial charge in [0.2, 0.25) is 5.88 Å². The lowest BCUT2D eigenvalue weighted by Gasteiger charge is -2.08. The fourth-order valence-corrected chi connectivity index (χ4v) is 2.18. The van der Waals surface area contributed by atoms with Gasteiger partial charge in [0.15, 0.2) is 0 Å². The van der Waals surface area contributed by atoms with E-state index in [-0.39, 0.29) is 12.5 Å². The number of fused-ring (bicyclic) bond motifs is 1. The highest BCUT2D eigenvalue weighted by molar-refractivity contribution is 5.88. The topological polar surface area (TPSA) is 60.5 Å². The summed E-state index contributed by atoms with van der Waals surface area (Å²) in [5.41, 5.74) is 1.83. The third-order valence-corrected chi connectivity index (χ3v) is 3.03. The van der Waals surface area contributed by atoms with Crippen LogP contribution in [-0.4, -0.2) is 24.9 Å². The molecule has 0 aliphatic heterocycles. The van der Waals surface area contributed by atoms with Crippen molar-refractivity contribution < 1.29 is 19.0 Å². The van der Waals surface area contributed by atoms with Crippen molar-refractivity contribution in [3.05, 3.63) is 23.8 Å². The molecule has 0 unspecified atom stereocenters. The van der Waals surface area contributed by atoms with Crippen molar-refractivity contribution in [3.63, 3.8) is 0 Å². The van der Waals surface area contributed by atoms with Crippen molar-refractivity contribution in [1.82, 2.24) is 4.98 Å². The third kappa shape index (κ3) is 2.71. The lowest BCUT2D eigenvalue weighted by atomic mass is 10.0. The molecule has 0 saturated heterocycles. The zero-order valence-corrected chi connectivity index (χ0v) is 12.1. The molecular formula is C15H19NO4. The lowest BCUT2D eigenvalue weighted by Crippen LogP contribution is -2.11. The summed E-state index contributed by atoms with van der Waals surface area (Å²) in [5, 5.41) is 0.985. The second-order valence-electron chi connectivity index (χ2n) is 4.72. The summed E-state index contributed by atoms with van der Waals surface area (Å²) in [4.78, 5) is 14.6. The Bertz CT molecular complexity index is 616. The summed E-state index contributed by atoms with van der Waals surface area (Å²) in [6.07, 6.45) is -0.701. The Morgan fingerprint density at radius 3 is 2.70 bits per heavy atom.